The first-order valence-corrected chi connectivity index (χ1v) is 6.69. The average Bonchev–Trinajstić information content (AvgIpc) is 2.41. The highest BCUT2D eigenvalue weighted by Crippen LogP contribution is 2.37. The lowest BCUT2D eigenvalue weighted by Crippen LogP contribution is -2.16. The molecule has 19 heavy (non-hydrogen) atoms. The van der Waals surface area contributed by atoms with Crippen molar-refractivity contribution in [2.45, 2.75) is 32.7 Å². The van der Waals surface area contributed by atoms with Crippen LogP contribution in [0.1, 0.15) is 35.6 Å². The van der Waals surface area contributed by atoms with Crippen molar-refractivity contribution in [2.24, 2.45) is 5.73 Å². The third kappa shape index (κ3) is 3.61. The van der Waals surface area contributed by atoms with E-state index in [4.69, 9.17) is 15.2 Å². The molecule has 0 fully saturated rings. The highest BCUT2D eigenvalue weighted by atomic mass is 16.5. The molecule has 4 heteroatoms. The van der Waals surface area contributed by atoms with Crippen LogP contribution in [0.4, 0.5) is 0 Å². The summed E-state index contributed by atoms with van der Waals surface area (Å²) in [6.07, 6.45) is 1.96. The van der Waals surface area contributed by atoms with Crippen LogP contribution in [-0.4, -0.2) is 27.8 Å². The summed E-state index contributed by atoms with van der Waals surface area (Å²) in [6.45, 7) is 5.05. The summed E-state index contributed by atoms with van der Waals surface area (Å²) in [6, 6.07) is 1.97. The Morgan fingerprint density at radius 3 is 2.42 bits per heavy atom. The van der Waals surface area contributed by atoms with Crippen molar-refractivity contribution in [2.75, 3.05) is 27.8 Å². The first-order valence-electron chi connectivity index (χ1n) is 6.69. The Balaban J connectivity index is 3.07. The molecule has 0 aromatic heterocycles. The summed E-state index contributed by atoms with van der Waals surface area (Å²) in [7, 11) is 5.33. The van der Waals surface area contributed by atoms with Gasteiger partial charge in [0.25, 0.3) is 0 Å². The van der Waals surface area contributed by atoms with Crippen molar-refractivity contribution in [1.29, 1.82) is 0 Å². The first kappa shape index (κ1) is 15.8. The highest BCUT2D eigenvalue weighted by Gasteiger charge is 2.18. The quantitative estimate of drug-likeness (QED) is 0.744. The molecule has 4 nitrogen and oxygen atoms in total. The van der Waals surface area contributed by atoms with Gasteiger partial charge in [-0.15, -0.1) is 0 Å². The SMILES string of the molecule is CNCCCC(N)c1cc(OC)c(C)c(C)c1OC. The second-order valence-corrected chi connectivity index (χ2v) is 4.80. The van der Waals surface area contributed by atoms with E-state index in [-0.39, 0.29) is 6.04 Å². The van der Waals surface area contributed by atoms with E-state index in [1.165, 1.54) is 0 Å². The van der Waals surface area contributed by atoms with Gasteiger partial charge in [-0.3, -0.25) is 0 Å². The van der Waals surface area contributed by atoms with Crippen LogP contribution in [0.2, 0.25) is 0 Å². The molecular formula is C15H26N2O2. The molecule has 0 aliphatic heterocycles. The highest BCUT2D eigenvalue weighted by molar-refractivity contribution is 5.53. The fourth-order valence-corrected chi connectivity index (χ4v) is 2.30. The molecule has 0 radical (unpaired) electrons. The van der Waals surface area contributed by atoms with E-state index in [0.29, 0.717) is 0 Å². The zero-order valence-corrected chi connectivity index (χ0v) is 12.7. The summed E-state index contributed by atoms with van der Waals surface area (Å²) in [5, 5.41) is 3.13. The van der Waals surface area contributed by atoms with E-state index < -0.39 is 0 Å². The molecule has 3 N–H and O–H groups in total. The minimum absolute atomic E-state index is 0.0310. The zero-order valence-electron chi connectivity index (χ0n) is 12.7. The van der Waals surface area contributed by atoms with Gasteiger partial charge in [0, 0.05) is 11.6 Å². The summed E-state index contributed by atoms with van der Waals surface area (Å²) in [4.78, 5) is 0. The Morgan fingerprint density at radius 2 is 1.89 bits per heavy atom. The third-order valence-corrected chi connectivity index (χ3v) is 3.59. The minimum atomic E-state index is -0.0310. The molecule has 0 saturated heterocycles. The number of nitrogens with one attached hydrogen (secondary N) is 1. The molecule has 0 amide bonds. The predicted molar refractivity (Wildman–Crippen MR) is 79.1 cm³/mol. The lowest BCUT2D eigenvalue weighted by Gasteiger charge is -2.21. The van der Waals surface area contributed by atoms with Crippen LogP contribution in [-0.2, 0) is 0 Å². The van der Waals surface area contributed by atoms with Crippen molar-refractivity contribution >= 4 is 0 Å². The van der Waals surface area contributed by atoms with Crippen LogP contribution in [0.3, 0.4) is 0 Å². The molecule has 0 saturated carbocycles. The maximum atomic E-state index is 6.29. The summed E-state index contributed by atoms with van der Waals surface area (Å²) in [5.74, 6) is 1.76. The van der Waals surface area contributed by atoms with Crippen molar-refractivity contribution in [3.63, 3.8) is 0 Å². The monoisotopic (exact) mass is 266 g/mol. The number of rotatable bonds is 7. The molecule has 0 spiro atoms. The average molecular weight is 266 g/mol. The van der Waals surface area contributed by atoms with Gasteiger partial charge in [-0.25, -0.2) is 0 Å². The molecule has 0 bridgehead atoms. The molecule has 108 valence electrons. The van der Waals surface area contributed by atoms with Gasteiger partial charge in [-0.1, -0.05) is 0 Å². The smallest absolute Gasteiger partial charge is 0.127 e. The van der Waals surface area contributed by atoms with Crippen molar-refractivity contribution in [3.8, 4) is 11.5 Å². The van der Waals surface area contributed by atoms with Gasteiger partial charge in [-0.2, -0.15) is 0 Å². The molecule has 1 rings (SSSR count). The largest absolute Gasteiger partial charge is 0.496 e. The van der Waals surface area contributed by atoms with Gasteiger partial charge in [0.15, 0.2) is 0 Å². The second-order valence-electron chi connectivity index (χ2n) is 4.80. The summed E-state index contributed by atoms with van der Waals surface area (Å²) < 4.78 is 11.0. The molecule has 1 aromatic carbocycles. The Labute approximate surface area is 116 Å². The fourth-order valence-electron chi connectivity index (χ4n) is 2.30. The summed E-state index contributed by atoms with van der Waals surface area (Å²) >= 11 is 0. The maximum absolute atomic E-state index is 6.29. The normalized spacial score (nSPS) is 12.3. The topological polar surface area (TPSA) is 56.5 Å². The molecule has 0 aliphatic rings. The molecule has 1 unspecified atom stereocenters. The molecule has 0 heterocycles. The Morgan fingerprint density at radius 1 is 1.21 bits per heavy atom. The minimum Gasteiger partial charge on any atom is -0.496 e. The standard InChI is InChI=1S/C15H26N2O2/c1-10-11(2)15(19-5)12(9-14(10)18-4)13(16)7-6-8-17-3/h9,13,17H,6-8,16H2,1-5H3. The number of benzene rings is 1. The van der Waals surface area contributed by atoms with Crippen LogP contribution < -0.4 is 20.5 Å². The van der Waals surface area contributed by atoms with Crippen molar-refractivity contribution in [3.05, 3.63) is 22.8 Å². The van der Waals surface area contributed by atoms with Crippen LogP contribution >= 0.6 is 0 Å². The van der Waals surface area contributed by atoms with Crippen LogP contribution in [0.25, 0.3) is 0 Å². The molecular weight excluding hydrogens is 240 g/mol. The first-order chi connectivity index (χ1) is 9.06. The summed E-state index contributed by atoms with van der Waals surface area (Å²) in [5.41, 5.74) is 9.52. The van der Waals surface area contributed by atoms with Gasteiger partial charge in [0.05, 0.1) is 14.2 Å². The van der Waals surface area contributed by atoms with E-state index in [2.05, 4.69) is 5.32 Å². The van der Waals surface area contributed by atoms with Crippen LogP contribution in [0, 0.1) is 13.8 Å². The van der Waals surface area contributed by atoms with Crippen molar-refractivity contribution in [1.82, 2.24) is 5.32 Å². The lowest BCUT2D eigenvalue weighted by molar-refractivity contribution is 0.388. The second kappa shape index (κ2) is 7.36. The van der Waals surface area contributed by atoms with Gasteiger partial charge in [0.2, 0.25) is 0 Å². The fraction of sp³-hybridized carbons (Fsp3) is 0.600. The number of hydrogen-bond donors (Lipinski definition) is 2. The van der Waals surface area contributed by atoms with Crippen LogP contribution in [0.15, 0.2) is 6.07 Å². The number of ether oxygens (including phenoxy) is 2. The number of methoxy groups -OCH3 is 2. The van der Waals surface area contributed by atoms with Gasteiger partial charge in [0.1, 0.15) is 11.5 Å². The number of hydrogen-bond acceptors (Lipinski definition) is 4. The zero-order chi connectivity index (χ0) is 14.4. The Hall–Kier alpha value is -1.26. The third-order valence-electron chi connectivity index (χ3n) is 3.59. The van der Waals surface area contributed by atoms with Gasteiger partial charge < -0.3 is 20.5 Å². The molecule has 0 aliphatic carbocycles. The predicted octanol–water partition coefficient (Wildman–Crippen LogP) is 2.32. The Bertz CT molecular complexity index is 419. The van der Waals surface area contributed by atoms with Crippen LogP contribution in [0.5, 0.6) is 11.5 Å². The molecule has 1 aromatic rings. The van der Waals surface area contributed by atoms with E-state index in [9.17, 15) is 0 Å². The maximum Gasteiger partial charge on any atom is 0.127 e. The molecule has 1 atom stereocenters. The van der Waals surface area contributed by atoms with Gasteiger partial charge >= 0.3 is 0 Å². The lowest BCUT2D eigenvalue weighted by atomic mass is 9.96. The van der Waals surface area contributed by atoms with E-state index in [0.717, 1.165) is 47.6 Å². The van der Waals surface area contributed by atoms with Crippen molar-refractivity contribution < 1.29 is 9.47 Å². The van der Waals surface area contributed by atoms with E-state index in [1.54, 1.807) is 14.2 Å². The number of nitrogens with two attached hydrogens (primary N) is 1. The van der Waals surface area contributed by atoms with Gasteiger partial charge in [-0.05, 0) is 57.5 Å². The van der Waals surface area contributed by atoms with E-state index in [1.807, 2.05) is 27.0 Å². The Kier molecular flexibility index (Phi) is 6.12. The van der Waals surface area contributed by atoms with E-state index >= 15 is 0 Å².